The van der Waals surface area contributed by atoms with Crippen molar-refractivity contribution in [3.63, 3.8) is 0 Å². The highest BCUT2D eigenvalue weighted by Crippen LogP contribution is 2.39. The van der Waals surface area contributed by atoms with Crippen molar-refractivity contribution in [3.8, 4) is 10.4 Å². The molecule has 2 aromatic heterocycles. The molecular formula is C23H27F4N5O3S. The van der Waals surface area contributed by atoms with Crippen molar-refractivity contribution in [1.29, 1.82) is 0 Å². The molecule has 3 N–H and O–H groups in total. The third-order valence-electron chi connectivity index (χ3n) is 5.85. The van der Waals surface area contributed by atoms with Crippen LogP contribution in [-0.4, -0.2) is 68.5 Å². The number of nitrogens with one attached hydrogen (secondary N) is 2. The largest absolute Gasteiger partial charge is 0.393 e. The van der Waals surface area contributed by atoms with Gasteiger partial charge in [0.05, 0.1) is 17.5 Å². The maximum atomic E-state index is 14.1. The summed E-state index contributed by atoms with van der Waals surface area (Å²) in [4.78, 5) is 35.1. The summed E-state index contributed by atoms with van der Waals surface area (Å²) in [7, 11) is 0. The molecule has 2 aromatic rings. The number of rotatable bonds is 6. The molecule has 1 saturated carbocycles. The first-order valence-corrected chi connectivity index (χ1v) is 12.3. The smallest absolute Gasteiger partial charge is 0.280 e. The Morgan fingerprint density at radius 3 is 2.53 bits per heavy atom. The Bertz CT molecular complexity index is 1160. The molecule has 0 bridgehead atoms. The molecule has 196 valence electrons. The summed E-state index contributed by atoms with van der Waals surface area (Å²) in [6, 6.07) is 0.885. The fraction of sp³-hybridized carbons (Fsp3) is 0.565. The highest BCUT2D eigenvalue weighted by molar-refractivity contribution is 7.17. The summed E-state index contributed by atoms with van der Waals surface area (Å²) in [5.41, 5.74) is -1.35. The van der Waals surface area contributed by atoms with Gasteiger partial charge in [-0.25, -0.2) is 27.5 Å². The van der Waals surface area contributed by atoms with E-state index in [-0.39, 0.29) is 39.5 Å². The molecule has 0 atom stereocenters. The molecule has 36 heavy (non-hydrogen) atoms. The molecule has 1 aliphatic carbocycles. The lowest BCUT2D eigenvalue weighted by molar-refractivity contribution is 0.0119. The summed E-state index contributed by atoms with van der Waals surface area (Å²) in [6.45, 7) is 4.46. The molecule has 1 aliphatic heterocycles. The Hall–Kier alpha value is -2.80. The number of aliphatic hydroxyl groups excluding tert-OH is 1. The van der Waals surface area contributed by atoms with Crippen LogP contribution in [-0.2, 0) is 0 Å². The second kappa shape index (κ2) is 9.58. The SMILES string of the molecule is CC(C)(C)Nc1cc(C(F)F)c(-c2sc(C(=O)NC3CC(O)C3)nc2C(=O)N2CCC(F)(F)C2)cn1. The number of pyridine rings is 1. The van der Waals surface area contributed by atoms with Gasteiger partial charge >= 0.3 is 0 Å². The second-order valence-electron chi connectivity index (χ2n) is 10.2. The van der Waals surface area contributed by atoms with Crippen molar-refractivity contribution in [2.24, 2.45) is 0 Å². The molecule has 1 saturated heterocycles. The first kappa shape index (κ1) is 26.3. The van der Waals surface area contributed by atoms with Gasteiger partial charge in [0.15, 0.2) is 5.01 Å². The third-order valence-corrected chi connectivity index (χ3v) is 6.94. The highest BCUT2D eigenvalue weighted by atomic mass is 32.1. The van der Waals surface area contributed by atoms with Crippen LogP contribution >= 0.6 is 11.3 Å². The Kier molecular flexibility index (Phi) is 6.99. The summed E-state index contributed by atoms with van der Waals surface area (Å²) in [5.74, 6) is -4.37. The number of thiazole rings is 1. The van der Waals surface area contributed by atoms with E-state index in [0.29, 0.717) is 12.8 Å². The molecule has 8 nitrogen and oxygen atoms in total. The Balaban J connectivity index is 1.74. The van der Waals surface area contributed by atoms with Gasteiger partial charge in [0.2, 0.25) is 0 Å². The van der Waals surface area contributed by atoms with Crippen molar-refractivity contribution in [3.05, 3.63) is 28.5 Å². The number of anilines is 1. The predicted molar refractivity (Wildman–Crippen MR) is 126 cm³/mol. The van der Waals surface area contributed by atoms with Crippen LogP contribution in [0.2, 0.25) is 0 Å². The standard InChI is InChI=1S/C23H27F4N5O3S/c1-22(2,3)31-15-8-13(18(24)25)14(9-28-15)17-16(21(35)32-5-4-23(26,27)10-32)30-20(36-17)19(34)29-11-6-12(33)7-11/h8-9,11-12,18,33H,4-7,10H2,1-3H3,(H,28,31)(H,29,34). The molecule has 0 aromatic carbocycles. The monoisotopic (exact) mass is 529 g/mol. The van der Waals surface area contributed by atoms with E-state index < -0.39 is 54.3 Å². The summed E-state index contributed by atoms with van der Waals surface area (Å²) >= 11 is 0.721. The normalized spacial score (nSPS) is 21.4. The number of alkyl halides is 4. The van der Waals surface area contributed by atoms with E-state index in [2.05, 4.69) is 20.6 Å². The zero-order valence-corrected chi connectivity index (χ0v) is 20.8. The van der Waals surface area contributed by atoms with Crippen LogP contribution in [0.5, 0.6) is 0 Å². The van der Waals surface area contributed by atoms with Crippen molar-refractivity contribution in [2.75, 3.05) is 18.4 Å². The number of amides is 2. The van der Waals surface area contributed by atoms with Gasteiger partial charge in [-0.05, 0) is 39.7 Å². The lowest BCUT2D eigenvalue weighted by Crippen LogP contribution is -2.46. The number of halogens is 4. The number of likely N-dealkylation sites (tertiary alicyclic amines) is 1. The van der Waals surface area contributed by atoms with Gasteiger partial charge < -0.3 is 20.6 Å². The van der Waals surface area contributed by atoms with E-state index in [1.165, 1.54) is 12.3 Å². The molecule has 2 fully saturated rings. The maximum Gasteiger partial charge on any atom is 0.280 e. The number of hydrogen-bond donors (Lipinski definition) is 3. The second-order valence-corrected chi connectivity index (χ2v) is 11.2. The minimum absolute atomic E-state index is 0.0425. The van der Waals surface area contributed by atoms with Crippen molar-refractivity contribution in [2.45, 2.75) is 70.1 Å². The Morgan fingerprint density at radius 1 is 1.28 bits per heavy atom. The molecule has 13 heteroatoms. The maximum absolute atomic E-state index is 14.1. The van der Waals surface area contributed by atoms with Crippen LogP contribution < -0.4 is 10.6 Å². The molecule has 0 spiro atoms. The van der Waals surface area contributed by atoms with Gasteiger partial charge in [-0.3, -0.25) is 9.59 Å². The van der Waals surface area contributed by atoms with Crippen LogP contribution in [0.1, 0.15) is 72.3 Å². The van der Waals surface area contributed by atoms with Crippen LogP contribution in [0.4, 0.5) is 23.4 Å². The van der Waals surface area contributed by atoms with Gasteiger partial charge in [0.25, 0.3) is 24.2 Å². The molecule has 2 amide bonds. The fourth-order valence-corrected chi connectivity index (χ4v) is 5.04. The van der Waals surface area contributed by atoms with Crippen LogP contribution in [0.25, 0.3) is 10.4 Å². The van der Waals surface area contributed by atoms with Crippen molar-refractivity contribution >= 4 is 29.0 Å². The zero-order chi connectivity index (χ0) is 26.4. The average molecular weight is 530 g/mol. The number of hydrogen-bond acceptors (Lipinski definition) is 7. The Labute approximate surface area is 209 Å². The molecular weight excluding hydrogens is 502 g/mol. The number of aliphatic hydroxyl groups is 1. The first-order chi connectivity index (χ1) is 16.7. The lowest BCUT2D eigenvalue weighted by atomic mass is 9.89. The lowest BCUT2D eigenvalue weighted by Gasteiger charge is -2.31. The van der Waals surface area contributed by atoms with Crippen LogP contribution in [0.15, 0.2) is 12.3 Å². The molecule has 0 unspecified atom stereocenters. The Morgan fingerprint density at radius 2 is 1.97 bits per heavy atom. The topological polar surface area (TPSA) is 107 Å². The van der Waals surface area contributed by atoms with E-state index in [1.807, 2.05) is 20.8 Å². The molecule has 2 aliphatic rings. The van der Waals surface area contributed by atoms with Gasteiger partial charge in [0.1, 0.15) is 11.5 Å². The van der Waals surface area contributed by atoms with E-state index in [1.54, 1.807) is 0 Å². The quantitative estimate of drug-likeness (QED) is 0.487. The van der Waals surface area contributed by atoms with E-state index in [0.717, 1.165) is 16.2 Å². The zero-order valence-electron chi connectivity index (χ0n) is 19.9. The highest BCUT2D eigenvalue weighted by Gasteiger charge is 2.42. The number of carbonyl (C=O) groups excluding carboxylic acids is 2. The first-order valence-electron chi connectivity index (χ1n) is 11.5. The third kappa shape index (κ3) is 5.77. The van der Waals surface area contributed by atoms with E-state index >= 15 is 0 Å². The van der Waals surface area contributed by atoms with Gasteiger partial charge in [-0.15, -0.1) is 11.3 Å². The van der Waals surface area contributed by atoms with Crippen molar-refractivity contribution < 1.29 is 32.3 Å². The summed E-state index contributed by atoms with van der Waals surface area (Å²) < 4.78 is 55.8. The molecule has 0 radical (unpaired) electrons. The molecule has 4 rings (SSSR count). The van der Waals surface area contributed by atoms with Crippen LogP contribution in [0.3, 0.4) is 0 Å². The van der Waals surface area contributed by atoms with Gasteiger partial charge in [-0.2, -0.15) is 0 Å². The van der Waals surface area contributed by atoms with E-state index in [9.17, 15) is 32.3 Å². The van der Waals surface area contributed by atoms with Gasteiger partial charge in [-0.1, -0.05) is 0 Å². The van der Waals surface area contributed by atoms with Crippen molar-refractivity contribution in [1.82, 2.24) is 20.2 Å². The number of carbonyl (C=O) groups is 2. The average Bonchev–Trinajstić information content (AvgIpc) is 3.34. The minimum atomic E-state index is -3.06. The minimum Gasteiger partial charge on any atom is -0.393 e. The number of nitrogens with zero attached hydrogens (tertiary/aromatic N) is 3. The van der Waals surface area contributed by atoms with Gasteiger partial charge in [0, 0.05) is 41.9 Å². The summed E-state index contributed by atoms with van der Waals surface area (Å²) in [5, 5.41) is 15.0. The molecule has 3 heterocycles. The predicted octanol–water partition coefficient (Wildman–Crippen LogP) is 4.09. The fourth-order valence-electron chi connectivity index (χ4n) is 4.05. The van der Waals surface area contributed by atoms with E-state index in [4.69, 9.17) is 0 Å². The summed E-state index contributed by atoms with van der Waals surface area (Å²) in [6.07, 6.45) is -2.09. The van der Waals surface area contributed by atoms with Crippen LogP contribution in [0, 0.1) is 0 Å². The number of aromatic nitrogens is 2.